The van der Waals surface area contributed by atoms with E-state index in [0.29, 0.717) is 11.4 Å². The Morgan fingerprint density at radius 3 is 2.32 bits per heavy atom. The summed E-state index contributed by atoms with van der Waals surface area (Å²) in [6.07, 6.45) is 7.99. The number of hydrogen-bond donors (Lipinski definition) is 2. The molecule has 0 radical (unpaired) electrons. The number of ether oxygens (including phenoxy) is 1. The number of carbonyl (C=O) groups excluding carboxylic acids is 1. The third-order valence-electron chi connectivity index (χ3n) is 3.88. The van der Waals surface area contributed by atoms with Gasteiger partial charge in [0, 0.05) is 17.5 Å². The standard InChI is InChI=1S/C21H26N2O2/c1-2-3-4-5-16-6-8-17(9-7-16)10-11-21(24)25-15-18-12-19(22)14-20(23)13-18/h6-14H,2-5,15,22-23H2,1H3. The minimum absolute atomic E-state index is 0.148. The van der Waals surface area contributed by atoms with Crippen molar-refractivity contribution in [1.82, 2.24) is 0 Å². The van der Waals surface area contributed by atoms with Crippen molar-refractivity contribution in [2.24, 2.45) is 0 Å². The molecule has 0 unspecified atom stereocenters. The van der Waals surface area contributed by atoms with E-state index in [-0.39, 0.29) is 6.61 Å². The Hall–Kier alpha value is -2.75. The number of hydrogen-bond acceptors (Lipinski definition) is 4. The molecule has 0 fully saturated rings. The predicted molar refractivity (Wildman–Crippen MR) is 104 cm³/mol. The molecule has 0 aliphatic rings. The molecule has 0 bridgehead atoms. The molecule has 25 heavy (non-hydrogen) atoms. The summed E-state index contributed by atoms with van der Waals surface area (Å²) in [5, 5.41) is 0. The average Bonchev–Trinajstić information content (AvgIpc) is 2.59. The molecule has 0 aromatic heterocycles. The van der Waals surface area contributed by atoms with E-state index >= 15 is 0 Å². The topological polar surface area (TPSA) is 78.3 Å². The van der Waals surface area contributed by atoms with Crippen LogP contribution in [-0.4, -0.2) is 5.97 Å². The molecule has 0 saturated carbocycles. The molecule has 4 N–H and O–H groups in total. The van der Waals surface area contributed by atoms with Gasteiger partial charge in [-0.3, -0.25) is 0 Å². The van der Waals surface area contributed by atoms with Crippen LogP contribution in [0.3, 0.4) is 0 Å². The van der Waals surface area contributed by atoms with E-state index in [1.165, 1.54) is 30.9 Å². The maximum Gasteiger partial charge on any atom is 0.331 e. The molecule has 0 aliphatic heterocycles. The summed E-state index contributed by atoms with van der Waals surface area (Å²) in [5.74, 6) is -0.395. The summed E-state index contributed by atoms with van der Waals surface area (Å²) in [4.78, 5) is 11.8. The Balaban J connectivity index is 1.83. The third kappa shape index (κ3) is 6.71. The van der Waals surface area contributed by atoms with Crippen molar-refractivity contribution in [2.45, 2.75) is 39.2 Å². The largest absolute Gasteiger partial charge is 0.458 e. The van der Waals surface area contributed by atoms with Gasteiger partial charge in [-0.2, -0.15) is 0 Å². The molecular weight excluding hydrogens is 312 g/mol. The van der Waals surface area contributed by atoms with Crippen LogP contribution in [0.2, 0.25) is 0 Å². The molecule has 0 aliphatic carbocycles. The summed E-state index contributed by atoms with van der Waals surface area (Å²) in [7, 11) is 0. The lowest BCUT2D eigenvalue weighted by molar-refractivity contribution is -0.138. The van der Waals surface area contributed by atoms with Gasteiger partial charge in [0.1, 0.15) is 6.61 Å². The molecule has 2 aromatic rings. The Morgan fingerprint density at radius 1 is 1.00 bits per heavy atom. The zero-order chi connectivity index (χ0) is 18.1. The van der Waals surface area contributed by atoms with Gasteiger partial charge in [-0.1, -0.05) is 44.0 Å². The maximum absolute atomic E-state index is 11.8. The van der Waals surface area contributed by atoms with Gasteiger partial charge < -0.3 is 16.2 Å². The molecule has 0 saturated heterocycles. The van der Waals surface area contributed by atoms with Gasteiger partial charge in [0.25, 0.3) is 0 Å². The molecule has 0 amide bonds. The number of rotatable bonds is 8. The second kappa shape index (κ2) is 9.52. The van der Waals surface area contributed by atoms with Crippen LogP contribution in [0.25, 0.3) is 6.08 Å². The quantitative estimate of drug-likeness (QED) is 0.325. The summed E-state index contributed by atoms with van der Waals surface area (Å²) in [6.45, 7) is 2.35. The number of anilines is 2. The molecule has 0 atom stereocenters. The van der Waals surface area contributed by atoms with Gasteiger partial charge >= 0.3 is 5.97 Å². The SMILES string of the molecule is CCCCCc1ccc(C=CC(=O)OCc2cc(N)cc(N)c2)cc1. The fraction of sp³-hybridized carbons (Fsp3) is 0.286. The Bertz CT molecular complexity index is 701. The lowest BCUT2D eigenvalue weighted by Crippen LogP contribution is -2.02. The number of aryl methyl sites for hydroxylation is 1. The van der Waals surface area contributed by atoms with E-state index < -0.39 is 5.97 Å². The molecule has 0 heterocycles. The van der Waals surface area contributed by atoms with Crippen molar-refractivity contribution in [2.75, 3.05) is 11.5 Å². The summed E-state index contributed by atoms with van der Waals surface area (Å²) in [6, 6.07) is 13.4. The van der Waals surface area contributed by atoms with Gasteiger partial charge in [0.05, 0.1) is 0 Å². The van der Waals surface area contributed by atoms with Crippen molar-refractivity contribution in [3.8, 4) is 0 Å². The van der Waals surface area contributed by atoms with E-state index in [0.717, 1.165) is 17.5 Å². The molecular formula is C21H26N2O2. The number of unbranched alkanes of at least 4 members (excludes halogenated alkanes) is 2. The normalized spacial score (nSPS) is 10.9. The number of carbonyl (C=O) groups is 1. The Labute approximate surface area is 149 Å². The third-order valence-corrected chi connectivity index (χ3v) is 3.88. The summed E-state index contributed by atoms with van der Waals surface area (Å²) < 4.78 is 5.21. The van der Waals surface area contributed by atoms with Crippen LogP contribution >= 0.6 is 0 Å². The predicted octanol–water partition coefficient (Wildman–Crippen LogP) is 4.34. The van der Waals surface area contributed by atoms with Gasteiger partial charge in [0.2, 0.25) is 0 Å². The maximum atomic E-state index is 11.8. The van der Waals surface area contributed by atoms with Crippen LogP contribution in [0.1, 0.15) is 42.9 Å². The molecule has 2 rings (SSSR count). The summed E-state index contributed by atoms with van der Waals surface area (Å²) >= 11 is 0. The van der Waals surface area contributed by atoms with Crippen LogP contribution in [-0.2, 0) is 22.6 Å². The average molecular weight is 338 g/mol. The van der Waals surface area contributed by atoms with E-state index in [1.54, 1.807) is 24.3 Å². The second-order valence-electron chi connectivity index (χ2n) is 6.15. The van der Waals surface area contributed by atoms with Crippen molar-refractivity contribution in [1.29, 1.82) is 0 Å². The van der Waals surface area contributed by atoms with E-state index in [9.17, 15) is 4.79 Å². The lowest BCUT2D eigenvalue weighted by Gasteiger charge is -2.05. The van der Waals surface area contributed by atoms with E-state index in [1.807, 2.05) is 12.1 Å². The van der Waals surface area contributed by atoms with Crippen LogP contribution < -0.4 is 11.5 Å². The highest BCUT2D eigenvalue weighted by Crippen LogP contribution is 2.15. The van der Waals surface area contributed by atoms with Gasteiger partial charge in [0.15, 0.2) is 0 Å². The van der Waals surface area contributed by atoms with Crippen LogP contribution in [0.4, 0.5) is 11.4 Å². The lowest BCUT2D eigenvalue weighted by atomic mass is 10.1. The molecule has 0 spiro atoms. The highest BCUT2D eigenvalue weighted by atomic mass is 16.5. The minimum atomic E-state index is -0.395. The smallest absolute Gasteiger partial charge is 0.331 e. The fourth-order valence-electron chi connectivity index (χ4n) is 2.57. The van der Waals surface area contributed by atoms with Gasteiger partial charge in [-0.15, -0.1) is 0 Å². The van der Waals surface area contributed by atoms with Gasteiger partial charge in [-0.05, 0) is 53.8 Å². The van der Waals surface area contributed by atoms with E-state index in [4.69, 9.17) is 16.2 Å². The van der Waals surface area contributed by atoms with Crippen molar-refractivity contribution in [3.05, 3.63) is 65.2 Å². The van der Waals surface area contributed by atoms with Crippen molar-refractivity contribution < 1.29 is 9.53 Å². The van der Waals surface area contributed by atoms with Crippen LogP contribution in [0, 0.1) is 0 Å². The second-order valence-corrected chi connectivity index (χ2v) is 6.15. The fourth-order valence-corrected chi connectivity index (χ4v) is 2.57. The number of nitrogen functional groups attached to an aromatic ring is 2. The highest BCUT2D eigenvalue weighted by molar-refractivity contribution is 5.87. The first kappa shape index (κ1) is 18.6. The first-order valence-electron chi connectivity index (χ1n) is 8.65. The zero-order valence-corrected chi connectivity index (χ0v) is 14.7. The van der Waals surface area contributed by atoms with Crippen LogP contribution in [0.15, 0.2) is 48.5 Å². The van der Waals surface area contributed by atoms with E-state index in [2.05, 4.69) is 19.1 Å². The van der Waals surface area contributed by atoms with Crippen molar-refractivity contribution >= 4 is 23.4 Å². The zero-order valence-electron chi connectivity index (χ0n) is 14.7. The van der Waals surface area contributed by atoms with Gasteiger partial charge in [-0.25, -0.2) is 4.79 Å². The Morgan fingerprint density at radius 2 is 1.68 bits per heavy atom. The Kier molecular flexibility index (Phi) is 7.08. The van der Waals surface area contributed by atoms with Crippen LogP contribution in [0.5, 0.6) is 0 Å². The van der Waals surface area contributed by atoms with Crippen molar-refractivity contribution in [3.63, 3.8) is 0 Å². The number of benzene rings is 2. The number of nitrogens with two attached hydrogens (primary N) is 2. The highest BCUT2D eigenvalue weighted by Gasteiger charge is 2.01. The number of esters is 1. The molecule has 132 valence electrons. The molecule has 4 nitrogen and oxygen atoms in total. The molecule has 2 aromatic carbocycles. The molecule has 4 heteroatoms. The first-order valence-corrected chi connectivity index (χ1v) is 8.65. The summed E-state index contributed by atoms with van der Waals surface area (Å²) in [5.41, 5.74) is 15.6. The monoisotopic (exact) mass is 338 g/mol. The first-order chi connectivity index (χ1) is 12.1. The minimum Gasteiger partial charge on any atom is -0.458 e.